The summed E-state index contributed by atoms with van der Waals surface area (Å²) in [7, 11) is 0. The number of rotatable bonds is 5. The molecule has 1 aromatic heterocycles. The van der Waals surface area contributed by atoms with Crippen molar-refractivity contribution in [2.75, 3.05) is 5.32 Å². The Kier molecular flexibility index (Phi) is 4.91. The smallest absolute Gasteiger partial charge is 0.247 e. The molecule has 1 N–H and O–H groups in total. The van der Waals surface area contributed by atoms with Crippen molar-refractivity contribution in [2.45, 2.75) is 19.8 Å². The second-order valence-electron chi connectivity index (χ2n) is 5.37. The van der Waals surface area contributed by atoms with Gasteiger partial charge in [0.1, 0.15) is 0 Å². The van der Waals surface area contributed by atoms with E-state index in [1.54, 1.807) is 12.1 Å². The number of carbonyl (C=O) groups excluding carboxylic acids is 1. The van der Waals surface area contributed by atoms with Gasteiger partial charge in [0.15, 0.2) is 0 Å². The van der Waals surface area contributed by atoms with E-state index in [2.05, 4.69) is 15.5 Å². The molecular formula is C18H16ClN3O2. The van der Waals surface area contributed by atoms with Crippen molar-refractivity contribution in [1.82, 2.24) is 10.2 Å². The molecule has 0 unspecified atom stereocenters. The molecule has 1 heterocycles. The maximum atomic E-state index is 12.1. The van der Waals surface area contributed by atoms with Gasteiger partial charge in [-0.2, -0.15) is 0 Å². The van der Waals surface area contributed by atoms with Crippen LogP contribution in [0.2, 0.25) is 5.02 Å². The van der Waals surface area contributed by atoms with Gasteiger partial charge in [-0.05, 0) is 36.8 Å². The number of nitrogens with one attached hydrogen (secondary N) is 1. The summed E-state index contributed by atoms with van der Waals surface area (Å²) in [6, 6.07) is 14.9. The van der Waals surface area contributed by atoms with Crippen LogP contribution in [0.15, 0.2) is 52.9 Å². The summed E-state index contributed by atoms with van der Waals surface area (Å²) in [5.41, 5.74) is 2.52. The Labute approximate surface area is 144 Å². The lowest BCUT2D eigenvalue weighted by Gasteiger charge is -2.08. The van der Waals surface area contributed by atoms with Crippen LogP contribution in [-0.4, -0.2) is 16.1 Å². The molecule has 3 aromatic rings. The number of carbonyl (C=O) groups is 1. The highest BCUT2D eigenvalue weighted by atomic mass is 35.5. The zero-order chi connectivity index (χ0) is 16.9. The predicted octanol–water partition coefficient (Wildman–Crippen LogP) is 4.27. The molecule has 0 spiro atoms. The van der Waals surface area contributed by atoms with Gasteiger partial charge >= 0.3 is 0 Å². The summed E-state index contributed by atoms with van der Waals surface area (Å²) in [5.74, 6) is 0.767. The molecule has 5 nitrogen and oxygen atoms in total. The molecule has 0 saturated carbocycles. The number of hydrogen-bond acceptors (Lipinski definition) is 4. The predicted molar refractivity (Wildman–Crippen MR) is 92.9 cm³/mol. The summed E-state index contributed by atoms with van der Waals surface area (Å²) in [5, 5.41) is 11.4. The van der Waals surface area contributed by atoms with Crippen LogP contribution in [-0.2, 0) is 11.2 Å². The van der Waals surface area contributed by atoms with E-state index in [4.69, 9.17) is 16.0 Å². The summed E-state index contributed by atoms with van der Waals surface area (Å²) < 4.78 is 5.59. The third-order valence-corrected chi connectivity index (χ3v) is 3.76. The number of aromatic nitrogens is 2. The molecule has 3 rings (SSSR count). The SMILES string of the molecule is Cc1ccc(Cl)cc1NC(=O)CCc1nnc(-c2ccccc2)o1. The molecule has 6 heteroatoms. The van der Waals surface area contributed by atoms with Crippen molar-refractivity contribution in [3.05, 3.63) is 65.0 Å². The van der Waals surface area contributed by atoms with Gasteiger partial charge in [-0.1, -0.05) is 35.9 Å². The highest BCUT2D eigenvalue weighted by molar-refractivity contribution is 6.31. The average molecular weight is 342 g/mol. The Morgan fingerprint density at radius 3 is 2.75 bits per heavy atom. The van der Waals surface area contributed by atoms with Gasteiger partial charge in [-0.3, -0.25) is 4.79 Å². The summed E-state index contributed by atoms with van der Waals surface area (Å²) in [6.45, 7) is 1.91. The molecule has 0 fully saturated rings. The third kappa shape index (κ3) is 4.00. The maximum Gasteiger partial charge on any atom is 0.247 e. The fraction of sp³-hybridized carbons (Fsp3) is 0.167. The average Bonchev–Trinajstić information content (AvgIpc) is 3.06. The lowest BCUT2D eigenvalue weighted by molar-refractivity contribution is -0.116. The van der Waals surface area contributed by atoms with Crippen molar-refractivity contribution in [3.8, 4) is 11.5 Å². The van der Waals surface area contributed by atoms with Crippen LogP contribution in [0, 0.1) is 6.92 Å². The van der Waals surface area contributed by atoms with Gasteiger partial charge in [0.05, 0.1) is 0 Å². The van der Waals surface area contributed by atoms with Crippen LogP contribution < -0.4 is 5.32 Å². The minimum Gasteiger partial charge on any atom is -0.421 e. The fourth-order valence-corrected chi connectivity index (χ4v) is 2.39. The van der Waals surface area contributed by atoms with Crippen molar-refractivity contribution in [3.63, 3.8) is 0 Å². The molecule has 0 saturated heterocycles. The minimum absolute atomic E-state index is 0.125. The van der Waals surface area contributed by atoms with Crippen LogP contribution in [0.4, 0.5) is 5.69 Å². The Hall–Kier alpha value is -2.66. The first-order valence-corrected chi connectivity index (χ1v) is 7.93. The largest absolute Gasteiger partial charge is 0.421 e. The molecule has 0 bridgehead atoms. The maximum absolute atomic E-state index is 12.1. The van der Waals surface area contributed by atoms with Gasteiger partial charge in [-0.15, -0.1) is 10.2 Å². The monoisotopic (exact) mass is 341 g/mol. The van der Waals surface area contributed by atoms with Gasteiger partial charge in [0.2, 0.25) is 17.7 Å². The molecule has 24 heavy (non-hydrogen) atoms. The first kappa shape index (κ1) is 16.2. The lowest BCUT2D eigenvalue weighted by Crippen LogP contribution is -2.13. The number of benzene rings is 2. The van der Waals surface area contributed by atoms with Gasteiger partial charge in [-0.25, -0.2) is 0 Å². The number of nitrogens with zero attached hydrogens (tertiary/aromatic N) is 2. The van der Waals surface area contributed by atoms with E-state index in [0.717, 1.165) is 11.1 Å². The molecule has 0 aliphatic carbocycles. The van der Waals surface area contributed by atoms with E-state index in [9.17, 15) is 4.79 Å². The summed E-state index contributed by atoms with van der Waals surface area (Å²) in [6.07, 6.45) is 0.633. The van der Waals surface area contributed by atoms with E-state index in [1.165, 1.54) is 0 Å². The van der Waals surface area contributed by atoms with E-state index >= 15 is 0 Å². The topological polar surface area (TPSA) is 68.0 Å². The van der Waals surface area contributed by atoms with E-state index < -0.39 is 0 Å². The van der Waals surface area contributed by atoms with Crippen LogP contribution in [0.1, 0.15) is 17.9 Å². The fourth-order valence-electron chi connectivity index (χ4n) is 2.21. The minimum atomic E-state index is -0.125. The van der Waals surface area contributed by atoms with Crippen molar-refractivity contribution >= 4 is 23.2 Å². The Morgan fingerprint density at radius 2 is 1.96 bits per heavy atom. The Morgan fingerprint density at radius 1 is 1.17 bits per heavy atom. The highest BCUT2D eigenvalue weighted by Gasteiger charge is 2.11. The summed E-state index contributed by atoms with van der Waals surface area (Å²) in [4.78, 5) is 12.1. The molecule has 0 aliphatic rings. The Bertz CT molecular complexity index is 846. The number of aryl methyl sites for hydroxylation is 2. The highest BCUT2D eigenvalue weighted by Crippen LogP contribution is 2.21. The lowest BCUT2D eigenvalue weighted by atomic mass is 10.2. The molecule has 0 aliphatic heterocycles. The van der Waals surface area contributed by atoms with Crippen LogP contribution in [0.25, 0.3) is 11.5 Å². The quantitative estimate of drug-likeness (QED) is 0.752. The van der Waals surface area contributed by atoms with E-state index in [-0.39, 0.29) is 12.3 Å². The van der Waals surface area contributed by atoms with Crippen LogP contribution in [0.3, 0.4) is 0 Å². The molecule has 2 aromatic carbocycles. The second-order valence-corrected chi connectivity index (χ2v) is 5.81. The van der Waals surface area contributed by atoms with Gasteiger partial charge in [0.25, 0.3) is 0 Å². The number of hydrogen-bond donors (Lipinski definition) is 1. The molecular weight excluding hydrogens is 326 g/mol. The third-order valence-electron chi connectivity index (χ3n) is 3.53. The van der Waals surface area contributed by atoms with E-state index in [0.29, 0.717) is 28.9 Å². The van der Waals surface area contributed by atoms with E-state index in [1.807, 2.05) is 43.3 Å². The normalized spacial score (nSPS) is 10.6. The number of amides is 1. The molecule has 1 amide bonds. The number of anilines is 1. The zero-order valence-electron chi connectivity index (χ0n) is 13.1. The van der Waals surface area contributed by atoms with Crippen molar-refractivity contribution < 1.29 is 9.21 Å². The number of halogens is 1. The van der Waals surface area contributed by atoms with Gasteiger partial charge < -0.3 is 9.73 Å². The first-order chi connectivity index (χ1) is 11.6. The molecule has 122 valence electrons. The first-order valence-electron chi connectivity index (χ1n) is 7.55. The Balaban J connectivity index is 1.59. The van der Waals surface area contributed by atoms with Crippen LogP contribution in [0.5, 0.6) is 0 Å². The van der Waals surface area contributed by atoms with Crippen molar-refractivity contribution in [1.29, 1.82) is 0 Å². The van der Waals surface area contributed by atoms with Crippen LogP contribution >= 0.6 is 11.6 Å². The van der Waals surface area contributed by atoms with Crippen molar-refractivity contribution in [2.24, 2.45) is 0 Å². The molecule has 0 atom stereocenters. The second kappa shape index (κ2) is 7.27. The molecule has 0 radical (unpaired) electrons. The summed E-state index contributed by atoms with van der Waals surface area (Å²) >= 11 is 5.95. The standard InChI is InChI=1S/C18H16ClN3O2/c1-12-7-8-14(19)11-15(12)20-16(23)9-10-17-21-22-18(24-17)13-5-3-2-4-6-13/h2-8,11H,9-10H2,1H3,(H,20,23). The zero-order valence-corrected chi connectivity index (χ0v) is 13.9. The van der Waals surface area contributed by atoms with Gasteiger partial charge in [0, 0.05) is 29.1 Å².